The summed E-state index contributed by atoms with van der Waals surface area (Å²) in [5, 5.41) is 9.26. The monoisotopic (exact) mass is 129 g/mol. The van der Waals surface area contributed by atoms with Crippen molar-refractivity contribution in [2.75, 3.05) is 0 Å². The minimum Gasteiger partial charge on any atom is -0.266 e. The molecule has 5 N–H and O–H groups in total. The average molecular weight is 129 g/mol. The molecule has 0 saturated carbocycles. The quantitative estimate of drug-likeness (QED) is 0.391. The first kappa shape index (κ1) is 15.7. The molecule has 8 heavy (non-hydrogen) atoms. The molecule has 0 aliphatic carbocycles. The van der Waals surface area contributed by atoms with Crippen LogP contribution in [0.4, 0.5) is 0 Å². The van der Waals surface area contributed by atoms with Crippen molar-refractivity contribution in [2.24, 2.45) is 0 Å². The van der Waals surface area contributed by atoms with E-state index < -0.39 is 0 Å². The van der Waals surface area contributed by atoms with Gasteiger partial charge in [-0.2, -0.15) is 0 Å². The van der Waals surface area contributed by atoms with E-state index >= 15 is 0 Å². The van der Waals surface area contributed by atoms with E-state index in [4.69, 9.17) is 0 Å². The zero-order valence-electron chi connectivity index (χ0n) is 3.55. The third kappa shape index (κ3) is 6.06. The van der Waals surface area contributed by atoms with Crippen molar-refractivity contribution in [1.29, 1.82) is 0 Å². The van der Waals surface area contributed by atoms with Crippen LogP contribution in [0.2, 0.25) is 0 Å². The van der Waals surface area contributed by atoms with Crippen molar-refractivity contribution in [3.8, 4) is 0 Å². The minimum absolute atomic E-state index is 0. The largest absolute Gasteiger partial charge is 0.266 e. The Hall–Kier alpha value is 0.0600. The van der Waals surface area contributed by atoms with Crippen LogP contribution in [0, 0.1) is 0 Å². The molecule has 1 aromatic rings. The second-order valence-electron chi connectivity index (χ2n) is 0.660. The van der Waals surface area contributed by atoms with E-state index in [2.05, 4.69) is 15.4 Å². The van der Waals surface area contributed by atoms with Gasteiger partial charge in [-0.1, -0.05) is 5.21 Å². The first-order chi connectivity index (χ1) is 2.50. The molecule has 1 rings (SSSR count). The van der Waals surface area contributed by atoms with Crippen LogP contribution in [0.25, 0.3) is 0 Å². The fourth-order valence-corrected chi connectivity index (χ4v) is 0.167. The molecule has 0 bridgehead atoms. The maximum absolute atomic E-state index is 3.42. The number of H-pyrrole nitrogens is 1. The van der Waals surface area contributed by atoms with Gasteiger partial charge in [0.05, 0.1) is 6.20 Å². The van der Waals surface area contributed by atoms with Gasteiger partial charge in [-0.25, -0.2) is 0 Å². The summed E-state index contributed by atoms with van der Waals surface area (Å²) in [6.45, 7) is 0. The van der Waals surface area contributed by atoms with E-state index in [1.54, 1.807) is 12.4 Å². The molecule has 6 heteroatoms. The van der Waals surface area contributed by atoms with E-state index in [-0.39, 0.29) is 40.5 Å². The molecule has 0 aliphatic rings. The number of nitrogens with one attached hydrogen (secondary N) is 1. The van der Waals surface area contributed by atoms with E-state index in [0.29, 0.717) is 0 Å². The van der Waals surface area contributed by atoms with Gasteiger partial charge in [0.2, 0.25) is 0 Å². The van der Waals surface area contributed by atoms with Crippen LogP contribution in [0.15, 0.2) is 12.4 Å². The van der Waals surface area contributed by atoms with Crippen LogP contribution in [-0.2, 0) is 0 Å². The average Bonchev–Trinajstić information content (AvgIpc) is 1.76. The first-order valence-corrected chi connectivity index (χ1v) is 1.30. The maximum atomic E-state index is 3.42. The van der Waals surface area contributed by atoms with Gasteiger partial charge in [-0.05, 0) is 0 Å². The van der Waals surface area contributed by atoms with Gasteiger partial charge in [0.25, 0.3) is 0 Å². The minimum atomic E-state index is 0. The predicted molar refractivity (Wildman–Crippen MR) is 30.8 cm³/mol. The number of aromatic amines is 1. The third-order valence-electron chi connectivity index (χ3n) is 0.331. The Morgan fingerprint density at radius 2 is 1.88 bits per heavy atom. The smallest absolute Gasteiger partial charge is 0.0690 e. The number of aromatic nitrogens is 3. The van der Waals surface area contributed by atoms with Crippen LogP contribution in [0.3, 0.4) is 0 Å². The van der Waals surface area contributed by atoms with Crippen LogP contribution in [-0.4, -0.2) is 55.9 Å². The van der Waals surface area contributed by atoms with Crippen molar-refractivity contribution in [3.05, 3.63) is 12.4 Å². The van der Waals surface area contributed by atoms with Crippen LogP contribution in [0.1, 0.15) is 0 Å². The summed E-state index contributed by atoms with van der Waals surface area (Å²) in [6.07, 6.45) is 3.24. The number of nitrogens with zero attached hydrogens (tertiary/aromatic N) is 2. The van der Waals surface area contributed by atoms with Crippen molar-refractivity contribution < 1.29 is 11.0 Å². The molecule has 0 fully saturated rings. The summed E-state index contributed by atoms with van der Waals surface area (Å²) in [6, 6.07) is 0. The number of rotatable bonds is 0. The van der Waals surface area contributed by atoms with Crippen molar-refractivity contribution >= 4 is 29.6 Å². The maximum Gasteiger partial charge on any atom is 0.0690 e. The van der Waals surface area contributed by atoms with Gasteiger partial charge in [-0.15, -0.1) is 5.10 Å². The molecule has 5 nitrogen and oxygen atoms in total. The molecule has 44 valence electrons. The standard InChI is InChI=1S/C2H3N3.Na.2H2O.H/c1-2-4-5-3-1;;;;/h1-2H,(H,3,4,5);;2*1H2;. The van der Waals surface area contributed by atoms with Crippen molar-refractivity contribution in [2.45, 2.75) is 0 Å². The molecule has 0 spiro atoms. The molecule has 0 radical (unpaired) electrons. The Balaban J connectivity index is -0.0000000833. The van der Waals surface area contributed by atoms with Gasteiger partial charge in [-0.3, -0.25) is 5.10 Å². The zero-order chi connectivity index (χ0) is 3.54. The molecular weight excluding hydrogens is 121 g/mol. The van der Waals surface area contributed by atoms with E-state index in [9.17, 15) is 0 Å². The molecule has 1 aromatic heterocycles. The van der Waals surface area contributed by atoms with Gasteiger partial charge in [0.1, 0.15) is 0 Å². The van der Waals surface area contributed by atoms with Crippen LogP contribution < -0.4 is 0 Å². The molecule has 1 heterocycles. The summed E-state index contributed by atoms with van der Waals surface area (Å²) in [7, 11) is 0. The van der Waals surface area contributed by atoms with Gasteiger partial charge >= 0.3 is 29.6 Å². The summed E-state index contributed by atoms with van der Waals surface area (Å²) < 4.78 is 0. The van der Waals surface area contributed by atoms with E-state index in [0.717, 1.165) is 0 Å². The molecule has 0 unspecified atom stereocenters. The van der Waals surface area contributed by atoms with Crippen LogP contribution in [0.5, 0.6) is 0 Å². The summed E-state index contributed by atoms with van der Waals surface area (Å²) in [4.78, 5) is 0. The fraction of sp³-hybridized carbons (Fsp3) is 0. The molecule has 0 amide bonds. The molecule has 0 aliphatic heterocycles. The van der Waals surface area contributed by atoms with E-state index in [1.807, 2.05) is 0 Å². The predicted octanol–water partition coefficient (Wildman–Crippen LogP) is -2.49. The summed E-state index contributed by atoms with van der Waals surface area (Å²) in [5.41, 5.74) is 0. The first-order valence-electron chi connectivity index (χ1n) is 1.30. The van der Waals surface area contributed by atoms with Gasteiger partial charge < -0.3 is 11.0 Å². The normalized spacial score (nSPS) is 5.00. The molecule has 0 atom stereocenters. The second-order valence-corrected chi connectivity index (χ2v) is 0.660. The van der Waals surface area contributed by atoms with Gasteiger partial charge in [0, 0.05) is 6.20 Å². The van der Waals surface area contributed by atoms with Gasteiger partial charge in [0.15, 0.2) is 0 Å². The van der Waals surface area contributed by atoms with Crippen molar-refractivity contribution in [3.63, 3.8) is 0 Å². The van der Waals surface area contributed by atoms with Crippen LogP contribution >= 0.6 is 0 Å². The third-order valence-corrected chi connectivity index (χ3v) is 0.331. The molecule has 0 aromatic carbocycles. The molecular formula is C2H8N3NaO2. The Bertz CT molecular complexity index is 71.8. The summed E-state index contributed by atoms with van der Waals surface area (Å²) in [5.74, 6) is 0. The Labute approximate surface area is 68.4 Å². The zero-order valence-corrected chi connectivity index (χ0v) is 3.55. The molecule has 0 saturated heterocycles. The fourth-order valence-electron chi connectivity index (χ4n) is 0.167. The summed E-state index contributed by atoms with van der Waals surface area (Å²) >= 11 is 0. The Morgan fingerprint density at radius 3 is 2.00 bits per heavy atom. The number of hydrogen-bond donors (Lipinski definition) is 1. The number of hydrogen-bond acceptors (Lipinski definition) is 2. The topological polar surface area (TPSA) is 105 Å². The van der Waals surface area contributed by atoms with E-state index in [1.165, 1.54) is 0 Å². The Kier molecular flexibility index (Phi) is 19.9. The van der Waals surface area contributed by atoms with Crippen molar-refractivity contribution in [1.82, 2.24) is 15.4 Å². The second kappa shape index (κ2) is 10.1. The Morgan fingerprint density at radius 1 is 1.25 bits per heavy atom. The SMILES string of the molecule is O.O.[NaH].c1c[nH]nn1.